The second kappa shape index (κ2) is 5.71. The first-order valence-corrected chi connectivity index (χ1v) is 7.07. The van der Waals surface area contributed by atoms with Crippen LogP contribution in [0.4, 0.5) is 0 Å². The van der Waals surface area contributed by atoms with Crippen LogP contribution in [0.25, 0.3) is 10.6 Å². The maximum Gasteiger partial charge on any atom is 0.357 e. The molecule has 1 aromatic heterocycles. The van der Waals surface area contributed by atoms with Gasteiger partial charge < -0.3 is 9.47 Å². The highest BCUT2D eigenvalue weighted by Crippen LogP contribution is 2.33. The van der Waals surface area contributed by atoms with Crippen molar-refractivity contribution < 1.29 is 14.3 Å². The molecular weight excluding hydrogens is 330 g/mol. The van der Waals surface area contributed by atoms with E-state index in [9.17, 15) is 4.79 Å². The standard InChI is InChI=1S/C13H12BrNO3S/c1-7-11(13(16)18-3)15-12(19-7)8-4-5-10(17-2)9(14)6-8/h4-6H,1-3H3. The molecule has 0 spiro atoms. The number of carbonyl (C=O) groups is 1. The number of aromatic nitrogens is 1. The van der Waals surface area contributed by atoms with Crippen molar-refractivity contribution >= 4 is 33.2 Å². The Morgan fingerprint density at radius 2 is 2.11 bits per heavy atom. The van der Waals surface area contributed by atoms with Crippen molar-refractivity contribution in [2.24, 2.45) is 0 Å². The van der Waals surface area contributed by atoms with Gasteiger partial charge >= 0.3 is 5.97 Å². The molecule has 0 unspecified atom stereocenters. The number of nitrogens with zero attached hydrogens (tertiary/aromatic N) is 1. The van der Waals surface area contributed by atoms with Gasteiger partial charge in [-0.15, -0.1) is 11.3 Å². The van der Waals surface area contributed by atoms with Gasteiger partial charge in [-0.25, -0.2) is 9.78 Å². The van der Waals surface area contributed by atoms with Crippen LogP contribution in [0.1, 0.15) is 15.4 Å². The number of rotatable bonds is 3. The molecule has 0 bridgehead atoms. The minimum atomic E-state index is -0.410. The Bertz CT molecular complexity index is 624. The molecule has 2 aromatic rings. The Morgan fingerprint density at radius 3 is 2.68 bits per heavy atom. The first-order valence-electron chi connectivity index (χ1n) is 5.46. The van der Waals surface area contributed by atoms with Crippen LogP contribution >= 0.6 is 27.3 Å². The van der Waals surface area contributed by atoms with Crippen LogP contribution in [-0.4, -0.2) is 25.2 Å². The van der Waals surface area contributed by atoms with Gasteiger partial charge in [-0.2, -0.15) is 0 Å². The summed E-state index contributed by atoms with van der Waals surface area (Å²) in [6, 6.07) is 5.68. The van der Waals surface area contributed by atoms with Crippen molar-refractivity contribution in [2.75, 3.05) is 14.2 Å². The molecule has 0 amide bonds. The van der Waals surface area contributed by atoms with Gasteiger partial charge in [0.05, 0.1) is 18.7 Å². The fourth-order valence-corrected chi connectivity index (χ4v) is 3.04. The second-order valence-corrected chi connectivity index (χ2v) is 5.82. The molecule has 0 saturated carbocycles. The van der Waals surface area contributed by atoms with Gasteiger partial charge in [0.2, 0.25) is 0 Å². The monoisotopic (exact) mass is 341 g/mol. The van der Waals surface area contributed by atoms with Crippen molar-refractivity contribution in [3.63, 3.8) is 0 Å². The van der Waals surface area contributed by atoms with Gasteiger partial charge in [-0.05, 0) is 41.1 Å². The zero-order valence-corrected chi connectivity index (χ0v) is 13.1. The number of ether oxygens (including phenoxy) is 2. The van der Waals surface area contributed by atoms with E-state index in [4.69, 9.17) is 9.47 Å². The molecule has 0 aliphatic rings. The normalized spacial score (nSPS) is 10.3. The summed E-state index contributed by atoms with van der Waals surface area (Å²) in [5, 5.41) is 0.779. The van der Waals surface area contributed by atoms with Gasteiger partial charge in [0.1, 0.15) is 10.8 Å². The van der Waals surface area contributed by atoms with Crippen LogP contribution < -0.4 is 4.74 Å². The van der Waals surface area contributed by atoms with Gasteiger partial charge in [0, 0.05) is 10.4 Å². The van der Waals surface area contributed by atoms with E-state index in [1.807, 2.05) is 25.1 Å². The first-order chi connectivity index (χ1) is 9.06. The molecule has 0 saturated heterocycles. The lowest BCUT2D eigenvalue weighted by Crippen LogP contribution is -2.03. The number of thiazole rings is 1. The van der Waals surface area contributed by atoms with Crippen LogP contribution in [-0.2, 0) is 4.74 Å². The van der Waals surface area contributed by atoms with Crippen molar-refractivity contribution in [1.82, 2.24) is 4.98 Å². The second-order valence-electron chi connectivity index (χ2n) is 3.76. The summed E-state index contributed by atoms with van der Waals surface area (Å²) in [5.74, 6) is 0.345. The highest BCUT2D eigenvalue weighted by atomic mass is 79.9. The van der Waals surface area contributed by atoms with E-state index in [1.165, 1.54) is 18.4 Å². The quantitative estimate of drug-likeness (QED) is 0.799. The van der Waals surface area contributed by atoms with Crippen molar-refractivity contribution in [3.8, 4) is 16.3 Å². The van der Waals surface area contributed by atoms with E-state index < -0.39 is 5.97 Å². The zero-order chi connectivity index (χ0) is 14.0. The number of hydrogen-bond acceptors (Lipinski definition) is 5. The van der Waals surface area contributed by atoms with E-state index in [0.717, 1.165) is 25.7 Å². The summed E-state index contributed by atoms with van der Waals surface area (Å²) in [6.07, 6.45) is 0. The average Bonchev–Trinajstić information content (AvgIpc) is 2.80. The summed E-state index contributed by atoms with van der Waals surface area (Å²) in [5.41, 5.74) is 1.30. The average molecular weight is 342 g/mol. The van der Waals surface area contributed by atoms with E-state index in [0.29, 0.717) is 5.69 Å². The lowest BCUT2D eigenvalue weighted by molar-refractivity contribution is 0.0594. The summed E-state index contributed by atoms with van der Waals surface area (Å²) < 4.78 is 10.7. The maximum atomic E-state index is 11.5. The SMILES string of the molecule is COC(=O)c1nc(-c2ccc(OC)c(Br)c2)sc1C. The molecule has 0 atom stereocenters. The summed E-state index contributed by atoms with van der Waals surface area (Å²) in [6.45, 7) is 1.85. The van der Waals surface area contributed by atoms with Crippen molar-refractivity contribution in [2.45, 2.75) is 6.92 Å². The smallest absolute Gasteiger partial charge is 0.357 e. The summed E-state index contributed by atoms with van der Waals surface area (Å²) in [4.78, 5) is 16.7. The molecule has 0 aliphatic heterocycles. The van der Waals surface area contributed by atoms with Gasteiger partial charge in [-0.3, -0.25) is 0 Å². The number of carbonyl (C=O) groups excluding carboxylic acids is 1. The Kier molecular flexibility index (Phi) is 4.21. The van der Waals surface area contributed by atoms with Gasteiger partial charge in [-0.1, -0.05) is 0 Å². The lowest BCUT2D eigenvalue weighted by atomic mass is 10.2. The maximum absolute atomic E-state index is 11.5. The molecule has 19 heavy (non-hydrogen) atoms. The predicted octanol–water partition coefficient (Wildman–Crippen LogP) is 3.68. The predicted molar refractivity (Wildman–Crippen MR) is 77.9 cm³/mol. The van der Waals surface area contributed by atoms with E-state index in [2.05, 4.69) is 20.9 Å². The van der Waals surface area contributed by atoms with E-state index >= 15 is 0 Å². The third kappa shape index (κ3) is 2.79. The number of esters is 1. The molecule has 2 rings (SSSR count). The van der Waals surface area contributed by atoms with E-state index in [1.54, 1.807) is 7.11 Å². The van der Waals surface area contributed by atoms with Crippen LogP contribution in [0.2, 0.25) is 0 Å². The Hall–Kier alpha value is -1.40. The fraction of sp³-hybridized carbons (Fsp3) is 0.231. The van der Waals surface area contributed by atoms with Crippen molar-refractivity contribution in [3.05, 3.63) is 33.2 Å². The number of methoxy groups -OCH3 is 2. The molecule has 0 N–H and O–H groups in total. The highest BCUT2D eigenvalue weighted by molar-refractivity contribution is 9.10. The Balaban J connectivity index is 2.42. The zero-order valence-electron chi connectivity index (χ0n) is 10.7. The molecule has 1 aromatic carbocycles. The summed E-state index contributed by atoms with van der Waals surface area (Å²) >= 11 is 4.89. The topological polar surface area (TPSA) is 48.4 Å². The fourth-order valence-electron chi connectivity index (χ4n) is 1.61. The van der Waals surface area contributed by atoms with Crippen LogP contribution in [0.15, 0.2) is 22.7 Å². The molecule has 6 heteroatoms. The molecule has 100 valence electrons. The third-order valence-corrected chi connectivity index (χ3v) is 4.21. The molecular formula is C13H12BrNO3S. The highest BCUT2D eigenvalue weighted by Gasteiger charge is 2.17. The van der Waals surface area contributed by atoms with Crippen LogP contribution in [0, 0.1) is 6.92 Å². The number of aryl methyl sites for hydroxylation is 1. The van der Waals surface area contributed by atoms with Gasteiger partial charge in [0.25, 0.3) is 0 Å². The van der Waals surface area contributed by atoms with Gasteiger partial charge in [0.15, 0.2) is 5.69 Å². The summed E-state index contributed by atoms with van der Waals surface area (Å²) in [7, 11) is 2.97. The van der Waals surface area contributed by atoms with Crippen molar-refractivity contribution in [1.29, 1.82) is 0 Å². The molecule has 0 radical (unpaired) electrons. The van der Waals surface area contributed by atoms with Crippen LogP contribution in [0.3, 0.4) is 0 Å². The molecule has 4 nitrogen and oxygen atoms in total. The number of halogens is 1. The third-order valence-electron chi connectivity index (χ3n) is 2.57. The molecule has 1 heterocycles. The molecule has 0 fully saturated rings. The first kappa shape index (κ1) is 14.0. The van der Waals surface area contributed by atoms with E-state index in [-0.39, 0.29) is 0 Å². The molecule has 0 aliphatic carbocycles. The Morgan fingerprint density at radius 1 is 1.37 bits per heavy atom. The van der Waals surface area contributed by atoms with Crippen LogP contribution in [0.5, 0.6) is 5.75 Å². The minimum absolute atomic E-state index is 0.370. The minimum Gasteiger partial charge on any atom is -0.496 e. The lowest BCUT2D eigenvalue weighted by Gasteiger charge is -2.04. The largest absolute Gasteiger partial charge is 0.496 e. The number of hydrogen-bond donors (Lipinski definition) is 0. The number of benzene rings is 1. The Labute approximate surface area is 123 Å².